The fraction of sp³-hybridized carbons (Fsp3) is 0.167. The number of sulfone groups is 1. The highest BCUT2D eigenvalue weighted by molar-refractivity contribution is 7.89. The third-order valence-electron chi connectivity index (χ3n) is 4.09. The summed E-state index contributed by atoms with van der Waals surface area (Å²) < 4.78 is 64.3. The Bertz CT molecular complexity index is 1400. The van der Waals surface area contributed by atoms with E-state index >= 15 is 0 Å². The molecule has 0 unspecified atom stereocenters. The van der Waals surface area contributed by atoms with E-state index in [9.17, 15) is 31.2 Å². The predicted molar refractivity (Wildman–Crippen MR) is 98.8 cm³/mol. The normalized spacial score (nSPS) is 12.1. The molecular weight excluding hydrogens is 411 g/mol. The van der Waals surface area contributed by atoms with Crippen LogP contribution in [0, 0.1) is 11.3 Å². The number of aromatic amines is 1. The quantitative estimate of drug-likeness (QED) is 0.694. The van der Waals surface area contributed by atoms with Gasteiger partial charge >= 0.3 is 11.9 Å². The SMILES string of the molecule is CS(=O)(=O)Cn1c(=O)[nH]c2cc(C(F)(F)F)c(-c3cccc(C#N)c3)cc2c1=O. The van der Waals surface area contributed by atoms with Gasteiger partial charge in [-0.15, -0.1) is 0 Å². The van der Waals surface area contributed by atoms with Crippen LogP contribution in [0.2, 0.25) is 0 Å². The number of nitrogens with zero attached hydrogens (tertiary/aromatic N) is 2. The van der Waals surface area contributed by atoms with Crippen molar-refractivity contribution >= 4 is 20.7 Å². The van der Waals surface area contributed by atoms with Crippen LogP contribution < -0.4 is 11.2 Å². The van der Waals surface area contributed by atoms with Crippen LogP contribution in [-0.4, -0.2) is 24.2 Å². The zero-order chi connectivity index (χ0) is 21.6. The molecule has 29 heavy (non-hydrogen) atoms. The lowest BCUT2D eigenvalue weighted by molar-refractivity contribution is -0.137. The van der Waals surface area contributed by atoms with E-state index in [0.29, 0.717) is 10.6 Å². The first-order valence-corrected chi connectivity index (χ1v) is 10.0. The summed E-state index contributed by atoms with van der Waals surface area (Å²) in [6, 6.07) is 8.77. The van der Waals surface area contributed by atoms with Crippen molar-refractivity contribution in [3.05, 3.63) is 68.4 Å². The van der Waals surface area contributed by atoms with E-state index in [1.165, 1.54) is 24.3 Å². The lowest BCUT2D eigenvalue weighted by Gasteiger charge is -2.15. The maximum atomic E-state index is 13.6. The van der Waals surface area contributed by atoms with Gasteiger partial charge in [-0.05, 0) is 35.4 Å². The summed E-state index contributed by atoms with van der Waals surface area (Å²) in [4.78, 5) is 26.8. The molecule has 0 bridgehead atoms. The third kappa shape index (κ3) is 4.07. The molecule has 3 aromatic rings. The molecule has 0 saturated carbocycles. The third-order valence-corrected chi connectivity index (χ3v) is 4.82. The molecule has 0 atom stereocenters. The van der Waals surface area contributed by atoms with E-state index in [4.69, 9.17) is 5.26 Å². The maximum absolute atomic E-state index is 13.6. The zero-order valence-corrected chi connectivity index (χ0v) is 15.6. The fourth-order valence-corrected chi connectivity index (χ4v) is 3.59. The van der Waals surface area contributed by atoms with Crippen LogP contribution >= 0.6 is 0 Å². The molecule has 3 rings (SSSR count). The van der Waals surface area contributed by atoms with E-state index in [0.717, 1.165) is 12.3 Å². The molecule has 0 radical (unpaired) electrons. The second-order valence-electron chi connectivity index (χ2n) is 6.35. The first kappa shape index (κ1) is 20.3. The van der Waals surface area contributed by atoms with Gasteiger partial charge in [-0.3, -0.25) is 4.79 Å². The van der Waals surface area contributed by atoms with Gasteiger partial charge in [0.1, 0.15) is 5.88 Å². The van der Waals surface area contributed by atoms with Crippen LogP contribution in [-0.2, 0) is 21.9 Å². The van der Waals surface area contributed by atoms with E-state index < -0.39 is 38.7 Å². The minimum absolute atomic E-state index is 0.0403. The molecule has 150 valence electrons. The van der Waals surface area contributed by atoms with Crippen molar-refractivity contribution in [2.75, 3.05) is 6.26 Å². The summed E-state index contributed by atoms with van der Waals surface area (Å²) in [6.45, 7) is 0. The lowest BCUT2D eigenvalue weighted by atomic mass is 9.96. The second-order valence-corrected chi connectivity index (χ2v) is 8.46. The summed E-state index contributed by atoms with van der Waals surface area (Å²) in [6.07, 6.45) is -4.00. The Morgan fingerprint density at radius 3 is 2.45 bits per heavy atom. The fourth-order valence-electron chi connectivity index (χ4n) is 2.88. The molecule has 7 nitrogen and oxygen atoms in total. The van der Waals surface area contributed by atoms with Gasteiger partial charge in [0.05, 0.1) is 28.1 Å². The Balaban J connectivity index is 2.42. The summed E-state index contributed by atoms with van der Waals surface area (Å²) >= 11 is 0. The highest BCUT2D eigenvalue weighted by atomic mass is 32.2. The Labute approximate surface area is 161 Å². The standard InChI is InChI=1S/C18H12F3N3O4S/c1-29(27,28)9-24-16(25)13-6-12(11-4-2-3-10(5-11)8-22)14(18(19,20)21)7-15(13)23-17(24)26/h2-7H,9H2,1H3,(H,23,26). The molecular formula is C18H12F3N3O4S. The number of benzene rings is 2. The van der Waals surface area contributed by atoms with Gasteiger partial charge in [-0.2, -0.15) is 18.4 Å². The van der Waals surface area contributed by atoms with Crippen LogP contribution in [0.4, 0.5) is 13.2 Å². The number of hydrogen-bond acceptors (Lipinski definition) is 5. The van der Waals surface area contributed by atoms with Crippen LogP contribution in [0.3, 0.4) is 0 Å². The molecule has 0 saturated heterocycles. The average Bonchev–Trinajstić information content (AvgIpc) is 2.63. The molecule has 1 heterocycles. The number of alkyl halides is 3. The Hall–Kier alpha value is -3.39. The maximum Gasteiger partial charge on any atom is 0.417 e. The van der Waals surface area contributed by atoms with Crippen LogP contribution in [0.5, 0.6) is 0 Å². The molecule has 0 fully saturated rings. The minimum atomic E-state index is -4.81. The number of H-pyrrole nitrogens is 1. The molecule has 1 N–H and O–H groups in total. The largest absolute Gasteiger partial charge is 0.417 e. The van der Waals surface area contributed by atoms with Crippen LogP contribution in [0.15, 0.2) is 46.0 Å². The van der Waals surface area contributed by atoms with Crippen molar-refractivity contribution in [1.82, 2.24) is 9.55 Å². The van der Waals surface area contributed by atoms with Crippen molar-refractivity contribution in [1.29, 1.82) is 5.26 Å². The van der Waals surface area contributed by atoms with Crippen molar-refractivity contribution in [3.8, 4) is 17.2 Å². The van der Waals surface area contributed by atoms with Gasteiger partial charge in [0.25, 0.3) is 5.56 Å². The molecule has 0 spiro atoms. The highest BCUT2D eigenvalue weighted by Gasteiger charge is 2.34. The topological polar surface area (TPSA) is 113 Å². The van der Waals surface area contributed by atoms with Crippen molar-refractivity contribution in [2.45, 2.75) is 12.1 Å². The summed E-state index contributed by atoms with van der Waals surface area (Å²) in [5.74, 6) is -0.919. The monoisotopic (exact) mass is 423 g/mol. The van der Waals surface area contributed by atoms with Gasteiger partial charge in [0.15, 0.2) is 9.84 Å². The molecule has 11 heteroatoms. The average molecular weight is 423 g/mol. The second kappa shape index (κ2) is 6.89. The first-order valence-electron chi connectivity index (χ1n) is 7.97. The number of aromatic nitrogens is 2. The van der Waals surface area contributed by atoms with Crippen molar-refractivity contribution < 1.29 is 21.6 Å². The van der Waals surface area contributed by atoms with Crippen molar-refractivity contribution in [2.24, 2.45) is 0 Å². The van der Waals surface area contributed by atoms with Gasteiger partial charge in [0.2, 0.25) is 0 Å². The number of rotatable bonds is 3. The minimum Gasteiger partial charge on any atom is -0.307 e. The number of fused-ring (bicyclic) bond motifs is 1. The van der Waals surface area contributed by atoms with Gasteiger partial charge in [0, 0.05) is 6.26 Å². The van der Waals surface area contributed by atoms with E-state index in [2.05, 4.69) is 4.98 Å². The van der Waals surface area contributed by atoms with Crippen molar-refractivity contribution in [3.63, 3.8) is 0 Å². The highest BCUT2D eigenvalue weighted by Crippen LogP contribution is 2.38. The van der Waals surface area contributed by atoms with E-state index in [1.807, 2.05) is 6.07 Å². The Morgan fingerprint density at radius 1 is 1.17 bits per heavy atom. The molecule has 0 amide bonds. The lowest BCUT2D eigenvalue weighted by Crippen LogP contribution is -2.37. The van der Waals surface area contributed by atoms with Gasteiger partial charge in [-0.1, -0.05) is 12.1 Å². The number of nitrogens with one attached hydrogen (secondary N) is 1. The van der Waals surface area contributed by atoms with Gasteiger partial charge < -0.3 is 4.98 Å². The first-order chi connectivity index (χ1) is 13.4. The van der Waals surface area contributed by atoms with Crippen LogP contribution in [0.1, 0.15) is 11.1 Å². The summed E-state index contributed by atoms with van der Waals surface area (Å²) in [7, 11) is -3.77. The molecule has 1 aromatic heterocycles. The predicted octanol–water partition coefficient (Wildman–Crippen LogP) is 2.25. The Morgan fingerprint density at radius 2 is 1.86 bits per heavy atom. The molecule has 0 aliphatic heterocycles. The number of hydrogen-bond donors (Lipinski definition) is 1. The number of halogens is 3. The van der Waals surface area contributed by atoms with E-state index in [1.54, 1.807) is 0 Å². The molecule has 2 aromatic carbocycles. The smallest absolute Gasteiger partial charge is 0.307 e. The molecule has 0 aliphatic carbocycles. The van der Waals surface area contributed by atoms with Gasteiger partial charge in [-0.25, -0.2) is 17.8 Å². The van der Waals surface area contributed by atoms with E-state index in [-0.39, 0.29) is 27.6 Å². The number of nitriles is 1. The molecule has 0 aliphatic rings. The van der Waals surface area contributed by atoms with Crippen LogP contribution in [0.25, 0.3) is 22.0 Å². The summed E-state index contributed by atoms with van der Waals surface area (Å²) in [5.41, 5.74) is -3.89. The Kier molecular flexibility index (Phi) is 4.84. The zero-order valence-electron chi connectivity index (χ0n) is 14.7. The summed E-state index contributed by atoms with van der Waals surface area (Å²) in [5, 5.41) is 8.71.